The minimum atomic E-state index is -0.160. The third-order valence-corrected chi connectivity index (χ3v) is 4.07. The second-order valence-electron chi connectivity index (χ2n) is 4.86. The van der Waals surface area contributed by atoms with E-state index in [0.717, 1.165) is 17.0 Å². The summed E-state index contributed by atoms with van der Waals surface area (Å²) in [5.74, 6) is -0.160. The highest BCUT2D eigenvalue weighted by Gasteiger charge is 2.09. The smallest absolute Gasteiger partial charge is 0.270 e. The maximum Gasteiger partial charge on any atom is 0.270 e. The van der Waals surface area contributed by atoms with Gasteiger partial charge in [0.2, 0.25) is 0 Å². The van der Waals surface area contributed by atoms with Crippen LogP contribution in [0.3, 0.4) is 0 Å². The van der Waals surface area contributed by atoms with E-state index >= 15 is 0 Å². The number of rotatable bonds is 8. The minimum absolute atomic E-state index is 0.0579. The third-order valence-electron chi connectivity index (χ3n) is 3.20. The predicted molar refractivity (Wildman–Crippen MR) is 87.8 cm³/mol. The van der Waals surface area contributed by atoms with Crippen LogP contribution < -0.4 is 11.1 Å². The fraction of sp³-hybridized carbons (Fsp3) is 0.375. The molecule has 1 atom stereocenters. The van der Waals surface area contributed by atoms with Gasteiger partial charge in [0.05, 0.1) is 6.10 Å². The maximum absolute atomic E-state index is 11.8. The highest BCUT2D eigenvalue weighted by atomic mass is 32.1. The summed E-state index contributed by atoms with van der Waals surface area (Å²) in [5.41, 5.74) is 7.07. The van der Waals surface area contributed by atoms with E-state index in [9.17, 15) is 4.79 Å². The number of nitrogens with zero attached hydrogens (tertiary/aromatic N) is 1. The Bertz CT molecular complexity index is 586. The van der Waals surface area contributed by atoms with Crippen LogP contribution in [-0.4, -0.2) is 24.0 Å². The molecule has 0 radical (unpaired) electrons. The molecular formula is C16H21N3O2S. The van der Waals surface area contributed by atoms with Crippen LogP contribution in [-0.2, 0) is 11.3 Å². The molecule has 0 aliphatic heterocycles. The lowest BCUT2D eigenvalue weighted by molar-refractivity contribution is 0.0634. The van der Waals surface area contributed by atoms with Crippen molar-refractivity contribution in [1.82, 2.24) is 10.3 Å². The number of carbonyl (C=O) groups excluding carboxylic acids is 1. The van der Waals surface area contributed by atoms with Gasteiger partial charge in [0.25, 0.3) is 5.91 Å². The van der Waals surface area contributed by atoms with Crippen molar-refractivity contribution in [3.8, 4) is 0 Å². The van der Waals surface area contributed by atoms with Gasteiger partial charge in [-0.1, -0.05) is 30.3 Å². The molecule has 1 heterocycles. The number of nitrogens with two attached hydrogens (primary N) is 1. The van der Waals surface area contributed by atoms with Gasteiger partial charge < -0.3 is 15.8 Å². The molecule has 0 saturated heterocycles. The first-order valence-corrected chi connectivity index (χ1v) is 8.18. The van der Waals surface area contributed by atoms with E-state index < -0.39 is 0 Å². The normalized spacial score (nSPS) is 12.1. The largest absolute Gasteiger partial charge is 0.374 e. The molecule has 22 heavy (non-hydrogen) atoms. The second-order valence-corrected chi connectivity index (χ2v) is 5.81. The number of hydrogen-bond donors (Lipinski definition) is 2. The van der Waals surface area contributed by atoms with Gasteiger partial charge in [0.15, 0.2) is 0 Å². The third kappa shape index (κ3) is 4.91. The van der Waals surface area contributed by atoms with Crippen LogP contribution in [0.5, 0.6) is 0 Å². The summed E-state index contributed by atoms with van der Waals surface area (Å²) in [6, 6.07) is 10.1. The Kier molecular flexibility index (Phi) is 6.51. The molecule has 2 aromatic rings. The van der Waals surface area contributed by atoms with Gasteiger partial charge in [-0.2, -0.15) is 0 Å². The highest BCUT2D eigenvalue weighted by molar-refractivity contribution is 7.09. The Labute approximate surface area is 134 Å². The topological polar surface area (TPSA) is 77.2 Å². The lowest BCUT2D eigenvalue weighted by Gasteiger charge is -2.13. The van der Waals surface area contributed by atoms with Crippen molar-refractivity contribution in [2.24, 2.45) is 5.73 Å². The van der Waals surface area contributed by atoms with Crippen LogP contribution in [0, 0.1) is 0 Å². The van der Waals surface area contributed by atoms with Gasteiger partial charge >= 0.3 is 0 Å². The Hall–Kier alpha value is -1.76. The van der Waals surface area contributed by atoms with Gasteiger partial charge in [-0.15, -0.1) is 11.3 Å². The van der Waals surface area contributed by atoms with Crippen molar-refractivity contribution in [2.45, 2.75) is 26.0 Å². The quantitative estimate of drug-likeness (QED) is 0.733. The van der Waals surface area contributed by atoms with E-state index in [1.54, 1.807) is 5.38 Å². The molecule has 2 rings (SSSR count). The van der Waals surface area contributed by atoms with E-state index in [1.165, 1.54) is 11.3 Å². The summed E-state index contributed by atoms with van der Waals surface area (Å²) in [5, 5.41) is 5.33. The molecule has 0 fully saturated rings. The lowest BCUT2D eigenvalue weighted by atomic mass is 10.1. The van der Waals surface area contributed by atoms with Crippen molar-refractivity contribution in [3.63, 3.8) is 0 Å². The number of benzene rings is 1. The molecular weight excluding hydrogens is 298 g/mol. The summed E-state index contributed by atoms with van der Waals surface area (Å²) in [6.07, 6.45) is 0.819. The Morgan fingerprint density at radius 3 is 2.86 bits per heavy atom. The number of aromatic nitrogens is 1. The summed E-state index contributed by atoms with van der Waals surface area (Å²) in [7, 11) is 0. The van der Waals surface area contributed by atoms with Gasteiger partial charge in [0, 0.05) is 25.1 Å². The lowest BCUT2D eigenvalue weighted by Crippen LogP contribution is -2.25. The first-order valence-electron chi connectivity index (χ1n) is 7.30. The molecule has 0 spiro atoms. The maximum atomic E-state index is 11.8. The predicted octanol–water partition coefficient (Wildman–Crippen LogP) is 2.50. The molecule has 118 valence electrons. The van der Waals surface area contributed by atoms with Gasteiger partial charge in [-0.3, -0.25) is 4.79 Å². The Morgan fingerprint density at radius 2 is 2.18 bits per heavy atom. The van der Waals surface area contributed by atoms with Crippen LogP contribution in [0.2, 0.25) is 0 Å². The number of hydrogen-bond acceptors (Lipinski definition) is 5. The Morgan fingerprint density at radius 1 is 1.41 bits per heavy atom. The van der Waals surface area contributed by atoms with E-state index in [2.05, 4.69) is 10.3 Å². The van der Waals surface area contributed by atoms with Gasteiger partial charge in [-0.25, -0.2) is 4.98 Å². The molecule has 1 aromatic carbocycles. The molecule has 1 aromatic heterocycles. The van der Waals surface area contributed by atoms with Crippen molar-refractivity contribution in [3.05, 3.63) is 52.0 Å². The van der Waals surface area contributed by atoms with E-state index in [1.807, 2.05) is 37.3 Å². The molecule has 6 heteroatoms. The fourth-order valence-corrected chi connectivity index (χ4v) is 2.61. The molecule has 0 saturated carbocycles. The number of amides is 1. The van der Waals surface area contributed by atoms with E-state index in [-0.39, 0.29) is 12.0 Å². The molecule has 0 aliphatic rings. The van der Waals surface area contributed by atoms with E-state index in [0.29, 0.717) is 25.4 Å². The molecule has 0 bridgehead atoms. The summed E-state index contributed by atoms with van der Waals surface area (Å²) in [4.78, 5) is 16.0. The van der Waals surface area contributed by atoms with Gasteiger partial charge in [-0.05, 0) is 18.9 Å². The highest BCUT2D eigenvalue weighted by Crippen LogP contribution is 2.15. The number of nitrogens with one attached hydrogen (secondary N) is 1. The second kappa shape index (κ2) is 8.63. The minimum Gasteiger partial charge on any atom is -0.374 e. The molecule has 1 unspecified atom stereocenters. The zero-order chi connectivity index (χ0) is 15.8. The fourth-order valence-electron chi connectivity index (χ4n) is 1.95. The zero-order valence-corrected chi connectivity index (χ0v) is 13.4. The van der Waals surface area contributed by atoms with E-state index in [4.69, 9.17) is 10.5 Å². The van der Waals surface area contributed by atoms with Crippen LogP contribution in [0.1, 0.15) is 40.5 Å². The average molecular weight is 319 g/mol. The average Bonchev–Trinajstić information content (AvgIpc) is 3.04. The molecule has 3 N–H and O–H groups in total. The summed E-state index contributed by atoms with van der Waals surface area (Å²) < 4.78 is 5.76. The standard InChI is InChI=1S/C16H21N3O2S/c1-12(13-6-3-2-4-7-13)21-9-5-8-18-16(20)14-11-22-15(10-17)19-14/h2-4,6-7,11-12H,5,8-10,17H2,1H3,(H,18,20). The summed E-state index contributed by atoms with van der Waals surface area (Å²) >= 11 is 1.40. The van der Waals surface area contributed by atoms with Crippen molar-refractivity contribution >= 4 is 17.2 Å². The number of thiazole rings is 1. The molecule has 5 nitrogen and oxygen atoms in total. The van der Waals surface area contributed by atoms with Crippen molar-refractivity contribution in [2.75, 3.05) is 13.2 Å². The molecule has 1 amide bonds. The summed E-state index contributed by atoms with van der Waals surface area (Å²) in [6.45, 7) is 3.55. The first-order chi connectivity index (χ1) is 10.7. The van der Waals surface area contributed by atoms with Crippen LogP contribution >= 0.6 is 11.3 Å². The molecule has 0 aliphatic carbocycles. The van der Waals surface area contributed by atoms with Crippen LogP contribution in [0.25, 0.3) is 0 Å². The SMILES string of the molecule is CC(OCCCNC(=O)c1csc(CN)n1)c1ccccc1. The zero-order valence-electron chi connectivity index (χ0n) is 12.6. The number of carbonyl (C=O) groups is 1. The van der Waals surface area contributed by atoms with Crippen molar-refractivity contribution in [1.29, 1.82) is 0 Å². The van der Waals surface area contributed by atoms with Crippen molar-refractivity contribution < 1.29 is 9.53 Å². The monoisotopic (exact) mass is 319 g/mol. The number of ether oxygens (including phenoxy) is 1. The van der Waals surface area contributed by atoms with Crippen LogP contribution in [0.15, 0.2) is 35.7 Å². The Balaban J connectivity index is 1.64. The van der Waals surface area contributed by atoms with Gasteiger partial charge in [0.1, 0.15) is 10.7 Å². The first kappa shape index (κ1) is 16.6. The van der Waals surface area contributed by atoms with Crippen LogP contribution in [0.4, 0.5) is 0 Å².